The molecule has 1 aromatic heterocycles. The molecule has 5 aromatic rings. The molecule has 0 radical (unpaired) electrons. The van der Waals surface area contributed by atoms with Crippen molar-refractivity contribution in [2.45, 2.75) is 94.5 Å². The van der Waals surface area contributed by atoms with Crippen LogP contribution >= 0.6 is 0 Å². The first-order valence-electron chi connectivity index (χ1n) is 18.0. The zero-order valence-electron chi connectivity index (χ0n) is 30.8. The molecule has 1 fully saturated rings. The Hall–Kier alpha value is -3.61. The molecule has 10 heteroatoms. The first-order chi connectivity index (χ1) is 24.9. The first kappa shape index (κ1) is 38.1. The predicted octanol–water partition coefficient (Wildman–Crippen LogP) is 8.75. The van der Waals surface area contributed by atoms with Crippen LogP contribution in [0.25, 0.3) is 10.9 Å². The Morgan fingerprint density at radius 2 is 1.35 bits per heavy atom. The standard InChI is InChI=1S/C42H51NO7SSi/c1-42(2,3)52(4,5)49-31-35-27-39(47-29-32-17-9-6-10-18-32)40(48-30-33-19-11-7-12-20-33)41(50-35)46-26-25-34-28-43(38-24-16-15-23-37(34)38)51(44,45)36-21-13-8-14-22-36/h6-24,28,35,39-41H,25-27,29-31H2,1-5H3/t35-,39-,40+,41-/m0/s1. The fourth-order valence-corrected chi connectivity index (χ4v) is 8.60. The van der Waals surface area contributed by atoms with Gasteiger partial charge in [-0.2, -0.15) is 0 Å². The maximum atomic E-state index is 13.7. The Morgan fingerprint density at radius 3 is 1.98 bits per heavy atom. The van der Waals surface area contributed by atoms with Crippen molar-refractivity contribution in [2.75, 3.05) is 13.2 Å². The van der Waals surface area contributed by atoms with Crippen LogP contribution in [0.3, 0.4) is 0 Å². The molecular formula is C42H51NO7SSi. The molecule has 0 unspecified atom stereocenters. The van der Waals surface area contributed by atoms with Crippen molar-refractivity contribution in [3.8, 4) is 0 Å². The highest BCUT2D eigenvalue weighted by Crippen LogP contribution is 2.38. The molecule has 1 aliphatic heterocycles. The Bertz CT molecular complexity index is 1980. The van der Waals surface area contributed by atoms with Crippen LogP contribution in [0.5, 0.6) is 0 Å². The normalized spacial score (nSPS) is 19.9. The van der Waals surface area contributed by atoms with E-state index in [2.05, 4.69) is 46.0 Å². The molecule has 0 bridgehead atoms. The summed E-state index contributed by atoms with van der Waals surface area (Å²) in [6.07, 6.45) is 0.905. The van der Waals surface area contributed by atoms with Crippen molar-refractivity contribution in [1.29, 1.82) is 0 Å². The van der Waals surface area contributed by atoms with Gasteiger partial charge in [-0.05, 0) is 59.4 Å². The minimum atomic E-state index is -3.80. The van der Waals surface area contributed by atoms with Crippen LogP contribution < -0.4 is 0 Å². The van der Waals surface area contributed by atoms with Crippen LogP contribution in [0.4, 0.5) is 0 Å². The molecule has 0 N–H and O–H groups in total. The van der Waals surface area contributed by atoms with E-state index in [4.69, 9.17) is 23.4 Å². The maximum Gasteiger partial charge on any atom is 0.268 e. The van der Waals surface area contributed by atoms with Crippen molar-refractivity contribution in [3.05, 3.63) is 138 Å². The second-order valence-corrected chi connectivity index (χ2v) is 21.6. The van der Waals surface area contributed by atoms with Crippen LogP contribution in [0, 0.1) is 0 Å². The quantitative estimate of drug-likeness (QED) is 0.0993. The number of para-hydroxylation sites is 1. The predicted molar refractivity (Wildman–Crippen MR) is 207 cm³/mol. The average molecular weight is 742 g/mol. The van der Waals surface area contributed by atoms with Crippen molar-refractivity contribution in [3.63, 3.8) is 0 Å². The lowest BCUT2D eigenvalue weighted by molar-refractivity contribution is -0.290. The number of aromatic nitrogens is 1. The second kappa shape index (κ2) is 16.6. The van der Waals surface area contributed by atoms with Gasteiger partial charge in [0.25, 0.3) is 10.0 Å². The Morgan fingerprint density at radius 1 is 0.769 bits per heavy atom. The highest BCUT2D eigenvalue weighted by molar-refractivity contribution is 7.90. The van der Waals surface area contributed by atoms with Gasteiger partial charge in [0, 0.05) is 18.0 Å². The zero-order chi connectivity index (χ0) is 36.8. The summed E-state index contributed by atoms with van der Waals surface area (Å²) in [5.74, 6) is 0. The van der Waals surface area contributed by atoms with Crippen LogP contribution in [0.2, 0.25) is 18.1 Å². The third kappa shape index (κ3) is 9.12. The molecule has 2 heterocycles. The van der Waals surface area contributed by atoms with Crippen LogP contribution in [-0.2, 0) is 53.0 Å². The monoisotopic (exact) mass is 741 g/mol. The largest absolute Gasteiger partial charge is 0.414 e. The summed E-state index contributed by atoms with van der Waals surface area (Å²) >= 11 is 0. The number of benzene rings is 4. The minimum Gasteiger partial charge on any atom is -0.414 e. The van der Waals surface area contributed by atoms with E-state index in [-0.39, 0.29) is 28.7 Å². The van der Waals surface area contributed by atoms with Gasteiger partial charge < -0.3 is 23.4 Å². The van der Waals surface area contributed by atoms with E-state index < -0.39 is 30.7 Å². The van der Waals surface area contributed by atoms with Crippen LogP contribution in [-0.4, -0.2) is 58.5 Å². The fraction of sp³-hybridized carbons (Fsp3) is 0.381. The lowest BCUT2D eigenvalue weighted by Crippen LogP contribution is -2.54. The summed E-state index contributed by atoms with van der Waals surface area (Å²) in [7, 11) is -5.86. The lowest BCUT2D eigenvalue weighted by Gasteiger charge is -2.43. The third-order valence-corrected chi connectivity index (χ3v) is 16.4. The molecule has 6 rings (SSSR count). The van der Waals surface area contributed by atoms with E-state index in [1.54, 1.807) is 36.5 Å². The fourth-order valence-electron chi connectivity index (χ4n) is 6.15. The Balaban J connectivity index is 1.25. The lowest BCUT2D eigenvalue weighted by atomic mass is 10.0. The number of nitrogens with zero attached hydrogens (tertiary/aromatic N) is 1. The van der Waals surface area contributed by atoms with Gasteiger partial charge in [-0.3, -0.25) is 0 Å². The van der Waals surface area contributed by atoms with Gasteiger partial charge in [0.2, 0.25) is 0 Å². The molecule has 8 nitrogen and oxygen atoms in total. The SMILES string of the molecule is CC(C)(C)[Si](C)(C)OC[C@@H]1C[C@H](OCc2ccccc2)[C@@H](OCc2ccccc2)[C@@H](OCCc2cn(S(=O)(=O)c3ccccc3)c3ccccc23)O1. The van der Waals surface area contributed by atoms with E-state index in [0.29, 0.717) is 38.2 Å². The molecule has 52 heavy (non-hydrogen) atoms. The number of hydrogen-bond donors (Lipinski definition) is 0. The molecule has 0 amide bonds. The number of hydrogen-bond acceptors (Lipinski definition) is 7. The van der Waals surface area contributed by atoms with Gasteiger partial charge in [0.15, 0.2) is 14.6 Å². The van der Waals surface area contributed by atoms with E-state index in [1.807, 2.05) is 72.8 Å². The molecule has 0 spiro atoms. The summed E-state index contributed by atoms with van der Waals surface area (Å²) in [4.78, 5) is 0.236. The van der Waals surface area contributed by atoms with E-state index in [9.17, 15) is 8.42 Å². The van der Waals surface area contributed by atoms with Crippen molar-refractivity contribution in [2.24, 2.45) is 0 Å². The number of fused-ring (bicyclic) bond motifs is 1. The van der Waals surface area contributed by atoms with Gasteiger partial charge in [-0.25, -0.2) is 12.4 Å². The molecular weight excluding hydrogens is 691 g/mol. The van der Waals surface area contributed by atoms with Crippen molar-refractivity contribution in [1.82, 2.24) is 3.97 Å². The second-order valence-electron chi connectivity index (χ2n) is 14.9. The van der Waals surface area contributed by atoms with Gasteiger partial charge in [-0.1, -0.05) is 118 Å². The van der Waals surface area contributed by atoms with E-state index >= 15 is 0 Å². The average Bonchev–Trinajstić information content (AvgIpc) is 3.53. The smallest absolute Gasteiger partial charge is 0.268 e. The Labute approximate surface area is 309 Å². The van der Waals surface area contributed by atoms with Gasteiger partial charge in [0.05, 0.1) is 49.0 Å². The summed E-state index contributed by atoms with van der Waals surface area (Å²) in [5.41, 5.74) is 3.60. The highest BCUT2D eigenvalue weighted by Gasteiger charge is 2.43. The van der Waals surface area contributed by atoms with Gasteiger partial charge in [-0.15, -0.1) is 0 Å². The molecule has 0 saturated carbocycles. The van der Waals surface area contributed by atoms with Crippen LogP contribution in [0.1, 0.15) is 43.9 Å². The topological polar surface area (TPSA) is 85.2 Å². The first-order valence-corrected chi connectivity index (χ1v) is 22.4. The summed E-state index contributed by atoms with van der Waals surface area (Å²) < 4.78 is 62.0. The maximum absolute atomic E-state index is 13.7. The molecule has 0 aliphatic carbocycles. The number of rotatable bonds is 15. The zero-order valence-corrected chi connectivity index (χ0v) is 32.6. The molecule has 1 aliphatic rings. The summed E-state index contributed by atoms with van der Waals surface area (Å²) in [6.45, 7) is 12.7. The van der Waals surface area contributed by atoms with Crippen molar-refractivity contribution >= 4 is 29.2 Å². The Kier molecular flexibility index (Phi) is 12.2. The number of ether oxygens (including phenoxy) is 4. The van der Waals surface area contributed by atoms with E-state index in [0.717, 1.165) is 22.1 Å². The summed E-state index contributed by atoms with van der Waals surface area (Å²) in [5, 5.41) is 0.909. The molecule has 1 saturated heterocycles. The molecule has 4 aromatic carbocycles. The molecule has 276 valence electrons. The summed E-state index contributed by atoms with van der Waals surface area (Å²) in [6, 6.07) is 36.2. The van der Waals surface area contributed by atoms with Gasteiger partial charge in [0.1, 0.15) is 6.10 Å². The van der Waals surface area contributed by atoms with Gasteiger partial charge >= 0.3 is 0 Å². The highest BCUT2D eigenvalue weighted by atomic mass is 32.2. The van der Waals surface area contributed by atoms with Crippen LogP contribution in [0.15, 0.2) is 126 Å². The third-order valence-electron chi connectivity index (χ3n) is 10.2. The minimum absolute atomic E-state index is 0.0509. The van der Waals surface area contributed by atoms with E-state index in [1.165, 1.54) is 3.97 Å². The molecule has 4 atom stereocenters. The van der Waals surface area contributed by atoms with Crippen molar-refractivity contribution < 1.29 is 31.8 Å².